The molecule has 0 spiro atoms. The summed E-state index contributed by atoms with van der Waals surface area (Å²) in [5, 5.41) is 13.4. The van der Waals surface area contributed by atoms with Gasteiger partial charge in [-0.25, -0.2) is 0 Å². The topological polar surface area (TPSA) is 67.1 Å². The number of rotatable bonds is 3. The molecule has 0 radical (unpaired) electrons. The third kappa shape index (κ3) is 2.75. The molecule has 0 saturated heterocycles. The van der Waals surface area contributed by atoms with Crippen molar-refractivity contribution < 1.29 is 9.53 Å². The molecule has 2 aromatic rings. The lowest BCUT2D eigenvalue weighted by Gasteiger charge is -2.11. The van der Waals surface area contributed by atoms with E-state index < -0.39 is 0 Å². The van der Waals surface area contributed by atoms with Gasteiger partial charge in [-0.3, -0.25) is 4.79 Å². The fourth-order valence-electron chi connectivity index (χ4n) is 3.00. The molecular formula is C15H12Cl2IN3O2. The number of nitrogens with one attached hydrogen (secondary N) is 1. The molecule has 2 heterocycles. The van der Waals surface area contributed by atoms with Gasteiger partial charge in [0.05, 0.1) is 32.7 Å². The number of carbonyl (C=O) groups excluding carboxylic acids is 1. The molecule has 1 amide bonds. The van der Waals surface area contributed by atoms with Crippen LogP contribution in [0.25, 0.3) is 10.9 Å². The lowest BCUT2D eigenvalue weighted by Crippen LogP contribution is -2.24. The van der Waals surface area contributed by atoms with E-state index in [0.717, 1.165) is 33.1 Å². The number of carbonyl (C=O) groups is 1. The monoisotopic (exact) mass is 463 g/mol. The van der Waals surface area contributed by atoms with Crippen LogP contribution in [-0.2, 0) is 11.3 Å². The summed E-state index contributed by atoms with van der Waals surface area (Å²) >= 11 is 14.9. The Morgan fingerprint density at radius 2 is 2.35 bits per heavy atom. The minimum atomic E-state index is -0.0745. The number of hydrogen-bond acceptors (Lipinski definition) is 3. The Labute approximate surface area is 156 Å². The zero-order chi connectivity index (χ0) is 16.7. The third-order valence-corrected chi connectivity index (χ3v) is 5.67. The van der Waals surface area contributed by atoms with Gasteiger partial charge < -0.3 is 14.6 Å². The maximum atomic E-state index is 11.4. The van der Waals surface area contributed by atoms with Crippen LogP contribution in [-0.4, -0.2) is 17.1 Å². The predicted octanol–water partition coefficient (Wildman–Crippen LogP) is 4.04. The molecule has 0 fully saturated rings. The lowest BCUT2D eigenvalue weighted by molar-refractivity contribution is -0.119. The summed E-state index contributed by atoms with van der Waals surface area (Å²) in [5.41, 5.74) is 1.79. The van der Waals surface area contributed by atoms with Crippen molar-refractivity contribution in [2.24, 2.45) is 0 Å². The number of ether oxygens (including phenoxy) is 1. The zero-order valence-corrected chi connectivity index (χ0v) is 15.8. The summed E-state index contributed by atoms with van der Waals surface area (Å²) in [6.45, 7) is 2.17. The number of aromatic nitrogens is 1. The van der Waals surface area contributed by atoms with E-state index in [0.29, 0.717) is 15.8 Å². The molecule has 1 aromatic heterocycles. The van der Waals surface area contributed by atoms with Crippen LogP contribution in [0.2, 0.25) is 10.0 Å². The fraction of sp³-hybridized carbons (Fsp3) is 0.333. The predicted molar refractivity (Wildman–Crippen MR) is 97.0 cm³/mol. The molecule has 23 heavy (non-hydrogen) atoms. The van der Waals surface area contributed by atoms with E-state index in [1.807, 2.05) is 6.07 Å². The van der Waals surface area contributed by atoms with Crippen molar-refractivity contribution in [3.8, 4) is 11.8 Å². The van der Waals surface area contributed by atoms with Crippen LogP contribution >= 0.6 is 45.8 Å². The van der Waals surface area contributed by atoms with Gasteiger partial charge in [-0.15, -0.1) is 0 Å². The summed E-state index contributed by atoms with van der Waals surface area (Å²) in [6.07, 6.45) is 0.804. The Bertz CT molecular complexity index is 857. The quantitative estimate of drug-likeness (QED) is 0.698. The molecule has 0 bridgehead atoms. The lowest BCUT2D eigenvalue weighted by atomic mass is 10.1. The largest absolute Gasteiger partial charge is 0.478 e. The Morgan fingerprint density at radius 1 is 1.61 bits per heavy atom. The van der Waals surface area contributed by atoms with E-state index in [2.05, 4.69) is 32.5 Å². The first-order chi connectivity index (χ1) is 11.0. The number of benzene rings is 1. The van der Waals surface area contributed by atoms with Gasteiger partial charge in [0, 0.05) is 23.1 Å². The molecule has 1 aromatic carbocycles. The molecule has 0 unspecified atom stereocenters. The van der Waals surface area contributed by atoms with Crippen molar-refractivity contribution in [1.82, 2.24) is 9.88 Å². The Hall–Kier alpha value is -1.17. The first-order valence-electron chi connectivity index (χ1n) is 6.92. The van der Waals surface area contributed by atoms with Crippen molar-refractivity contribution in [1.29, 1.82) is 5.26 Å². The van der Waals surface area contributed by atoms with Crippen LogP contribution < -0.4 is 10.1 Å². The maximum absolute atomic E-state index is 11.4. The molecule has 0 aliphatic carbocycles. The molecule has 1 N–H and O–H groups in total. The Balaban J connectivity index is 2.25. The second-order valence-electron chi connectivity index (χ2n) is 5.23. The van der Waals surface area contributed by atoms with Gasteiger partial charge in [0.25, 0.3) is 0 Å². The van der Waals surface area contributed by atoms with Crippen molar-refractivity contribution in [2.75, 3.05) is 6.61 Å². The number of aryl methyl sites for hydroxylation is 1. The molecule has 120 valence electrons. The highest BCUT2D eigenvalue weighted by molar-refractivity contribution is 14.1. The van der Waals surface area contributed by atoms with Gasteiger partial charge >= 0.3 is 0 Å². The fourth-order valence-corrected chi connectivity index (χ4v) is 4.63. The van der Waals surface area contributed by atoms with E-state index in [4.69, 9.17) is 33.2 Å². The van der Waals surface area contributed by atoms with Gasteiger partial charge in [-0.2, -0.15) is 5.26 Å². The minimum Gasteiger partial charge on any atom is -0.478 e. The van der Waals surface area contributed by atoms with Gasteiger partial charge in [0.1, 0.15) is 11.8 Å². The van der Waals surface area contributed by atoms with Crippen LogP contribution in [0, 0.1) is 14.9 Å². The first kappa shape index (κ1) is 16.7. The van der Waals surface area contributed by atoms with E-state index in [1.54, 1.807) is 6.07 Å². The van der Waals surface area contributed by atoms with Gasteiger partial charge in [0.15, 0.2) is 6.61 Å². The summed E-state index contributed by atoms with van der Waals surface area (Å²) in [6, 6.07) is 3.52. The van der Waals surface area contributed by atoms with E-state index in [1.165, 1.54) is 6.92 Å². The van der Waals surface area contributed by atoms with Crippen molar-refractivity contribution in [3.05, 3.63) is 25.4 Å². The van der Waals surface area contributed by atoms with Crippen LogP contribution in [0.4, 0.5) is 0 Å². The summed E-state index contributed by atoms with van der Waals surface area (Å²) in [4.78, 5) is 11.4. The van der Waals surface area contributed by atoms with Gasteiger partial charge in [-0.05, 0) is 29.0 Å². The molecule has 3 rings (SSSR count). The Morgan fingerprint density at radius 3 is 3.00 bits per heavy atom. The van der Waals surface area contributed by atoms with E-state index in [9.17, 15) is 4.79 Å². The molecule has 8 heteroatoms. The SMILES string of the molecule is CC(=O)N[C@@H]1CCn2c1c(I)c1c(OCC#N)cc(Cl)c(Cl)c12. The summed E-state index contributed by atoms with van der Waals surface area (Å²) in [5.74, 6) is 0.457. The molecular weight excluding hydrogens is 452 g/mol. The van der Waals surface area contributed by atoms with Crippen LogP contribution in [0.5, 0.6) is 5.75 Å². The van der Waals surface area contributed by atoms with E-state index in [-0.39, 0.29) is 18.6 Å². The molecule has 1 aliphatic heterocycles. The smallest absolute Gasteiger partial charge is 0.217 e. The number of nitriles is 1. The molecule has 0 saturated carbocycles. The normalized spacial score (nSPS) is 16.2. The van der Waals surface area contributed by atoms with Crippen LogP contribution in [0.3, 0.4) is 0 Å². The van der Waals surface area contributed by atoms with E-state index >= 15 is 0 Å². The maximum Gasteiger partial charge on any atom is 0.217 e. The molecule has 1 aliphatic rings. The minimum absolute atomic E-state index is 0.0644. The van der Waals surface area contributed by atoms with Gasteiger partial charge in [0.2, 0.25) is 5.91 Å². The van der Waals surface area contributed by atoms with Crippen LogP contribution in [0.1, 0.15) is 25.1 Å². The zero-order valence-electron chi connectivity index (χ0n) is 12.1. The van der Waals surface area contributed by atoms with Crippen molar-refractivity contribution in [3.63, 3.8) is 0 Å². The second kappa shape index (κ2) is 6.38. The highest BCUT2D eigenvalue weighted by Gasteiger charge is 2.32. The van der Waals surface area contributed by atoms with Crippen LogP contribution in [0.15, 0.2) is 6.07 Å². The average molecular weight is 464 g/mol. The second-order valence-corrected chi connectivity index (χ2v) is 7.10. The highest BCUT2D eigenvalue weighted by Crippen LogP contribution is 2.46. The highest BCUT2D eigenvalue weighted by atomic mass is 127. The molecule has 5 nitrogen and oxygen atoms in total. The number of halogens is 3. The van der Waals surface area contributed by atoms with Crippen molar-refractivity contribution in [2.45, 2.75) is 25.9 Å². The number of hydrogen-bond donors (Lipinski definition) is 1. The Kier molecular flexibility index (Phi) is 4.63. The van der Waals surface area contributed by atoms with Gasteiger partial charge in [-0.1, -0.05) is 23.2 Å². The number of nitrogens with zero attached hydrogens (tertiary/aromatic N) is 2. The standard InChI is InChI=1S/C15H12Cl2IN3O2/c1-7(22)20-9-2-4-21-14(9)13(18)11-10(23-5-3-19)6-8(16)12(17)15(11)21/h6,9H,2,4-5H2,1H3,(H,20,22)/t9-/m1/s1. The average Bonchev–Trinajstić information content (AvgIpc) is 3.01. The number of amides is 1. The van der Waals surface area contributed by atoms with Crippen molar-refractivity contribution >= 4 is 62.6 Å². The summed E-state index contributed by atoms with van der Waals surface area (Å²) < 4.78 is 8.56. The molecule has 1 atom stereocenters. The third-order valence-electron chi connectivity index (χ3n) is 3.80. The summed E-state index contributed by atoms with van der Waals surface area (Å²) in [7, 11) is 0. The first-order valence-corrected chi connectivity index (χ1v) is 8.75. The number of fused-ring (bicyclic) bond motifs is 3.